The van der Waals surface area contributed by atoms with E-state index in [2.05, 4.69) is 15.8 Å². The highest BCUT2D eigenvalue weighted by atomic mass is 35.5. The largest absolute Gasteiger partial charge is 0.331 e. The van der Waals surface area contributed by atoms with Crippen LogP contribution in [-0.4, -0.2) is 16.6 Å². The summed E-state index contributed by atoms with van der Waals surface area (Å²) >= 11 is 11.6. The van der Waals surface area contributed by atoms with Crippen LogP contribution in [0.15, 0.2) is 58.5 Å². The Kier molecular flexibility index (Phi) is 7.61. The highest BCUT2D eigenvalue weighted by molar-refractivity contribution is 7.99. The minimum atomic E-state index is -2.43. The lowest BCUT2D eigenvalue weighted by molar-refractivity contribution is 0.252. The summed E-state index contributed by atoms with van der Waals surface area (Å²) in [4.78, 5) is 0.494. The summed E-state index contributed by atoms with van der Waals surface area (Å²) < 4.78 is 24.6. The third-order valence-corrected chi connectivity index (χ3v) is 4.31. The summed E-state index contributed by atoms with van der Waals surface area (Å²) in [5.74, 6) is -2.43. The zero-order valence-electron chi connectivity index (χ0n) is 13.3. The number of nitrogens with one attached hydrogen (secondary N) is 2. The fraction of sp³-hybridized carbons (Fsp3) is 0.176. The topological polar surface area (TPSA) is 36.4 Å². The van der Waals surface area contributed by atoms with Crippen LogP contribution in [0.4, 0.5) is 14.5 Å². The smallest absolute Gasteiger partial charge is 0.288 e. The highest BCUT2D eigenvalue weighted by Crippen LogP contribution is 2.26. The number of benzene rings is 2. The van der Waals surface area contributed by atoms with Gasteiger partial charge in [0, 0.05) is 15.6 Å². The van der Waals surface area contributed by atoms with E-state index in [0.717, 1.165) is 17.7 Å². The number of thiocarbonyl (C=S) groups is 1. The molecule has 3 nitrogen and oxygen atoms in total. The van der Waals surface area contributed by atoms with Gasteiger partial charge in [-0.15, -0.1) is 0 Å². The lowest BCUT2D eigenvalue weighted by Crippen LogP contribution is -2.25. The number of halogens is 3. The SMILES string of the molecule is CC/C(=N/NC(=S)Nc1ccc(SC(F)F)cc1)c1ccc(Cl)cc1. The van der Waals surface area contributed by atoms with Gasteiger partial charge < -0.3 is 5.32 Å². The van der Waals surface area contributed by atoms with E-state index in [0.29, 0.717) is 32.5 Å². The Labute approximate surface area is 159 Å². The van der Waals surface area contributed by atoms with Crippen molar-refractivity contribution in [2.75, 3.05) is 5.32 Å². The summed E-state index contributed by atoms with van der Waals surface area (Å²) in [6, 6.07) is 14.0. The van der Waals surface area contributed by atoms with Crippen LogP contribution in [0, 0.1) is 0 Å². The van der Waals surface area contributed by atoms with Gasteiger partial charge in [-0.05, 0) is 60.6 Å². The molecule has 0 amide bonds. The molecule has 2 N–H and O–H groups in total. The van der Waals surface area contributed by atoms with Gasteiger partial charge in [0.2, 0.25) is 0 Å². The summed E-state index contributed by atoms with van der Waals surface area (Å²) in [5, 5.41) is 8.25. The van der Waals surface area contributed by atoms with Crippen molar-refractivity contribution in [2.45, 2.75) is 24.0 Å². The predicted octanol–water partition coefficient (Wildman–Crippen LogP) is 5.76. The molecule has 0 fully saturated rings. The van der Waals surface area contributed by atoms with Crippen molar-refractivity contribution >= 4 is 52.1 Å². The Morgan fingerprint density at radius 3 is 2.36 bits per heavy atom. The average molecular weight is 400 g/mol. The third-order valence-electron chi connectivity index (χ3n) is 3.14. The Bertz CT molecular complexity index is 735. The second kappa shape index (κ2) is 9.70. The lowest BCUT2D eigenvalue weighted by atomic mass is 10.1. The normalized spacial score (nSPS) is 11.5. The second-order valence-corrected chi connectivity index (χ2v) is 6.80. The molecule has 0 aliphatic rings. The Balaban J connectivity index is 1.95. The van der Waals surface area contributed by atoms with Crippen LogP contribution in [0.3, 0.4) is 0 Å². The van der Waals surface area contributed by atoms with Gasteiger partial charge in [-0.2, -0.15) is 13.9 Å². The molecule has 2 aromatic rings. The molecular formula is C17H16ClF2N3S2. The number of hydrogen-bond acceptors (Lipinski definition) is 3. The molecule has 8 heteroatoms. The maximum atomic E-state index is 12.3. The first-order valence-corrected chi connectivity index (χ1v) is 9.09. The molecule has 25 heavy (non-hydrogen) atoms. The zero-order valence-corrected chi connectivity index (χ0v) is 15.7. The number of anilines is 1. The van der Waals surface area contributed by atoms with Crippen LogP contribution in [0.5, 0.6) is 0 Å². The number of hydrogen-bond donors (Lipinski definition) is 2. The maximum absolute atomic E-state index is 12.3. The van der Waals surface area contributed by atoms with Crippen LogP contribution in [0.1, 0.15) is 18.9 Å². The van der Waals surface area contributed by atoms with E-state index in [9.17, 15) is 8.78 Å². The fourth-order valence-electron chi connectivity index (χ4n) is 1.99. The third kappa shape index (κ3) is 6.61. The Hall–Kier alpha value is -1.70. The minimum absolute atomic E-state index is 0.314. The average Bonchev–Trinajstić information content (AvgIpc) is 2.58. The maximum Gasteiger partial charge on any atom is 0.288 e. The molecule has 0 saturated heterocycles. The van der Waals surface area contributed by atoms with Gasteiger partial charge in [0.05, 0.1) is 5.71 Å². The lowest BCUT2D eigenvalue weighted by Gasteiger charge is -2.10. The summed E-state index contributed by atoms with van der Waals surface area (Å²) in [5.41, 5.74) is 5.27. The molecule has 0 radical (unpaired) electrons. The zero-order chi connectivity index (χ0) is 18.2. The first-order chi connectivity index (χ1) is 12.0. The van der Waals surface area contributed by atoms with Crippen LogP contribution < -0.4 is 10.7 Å². The molecular weight excluding hydrogens is 384 g/mol. The van der Waals surface area contributed by atoms with Crippen molar-refractivity contribution in [3.8, 4) is 0 Å². The quantitative estimate of drug-likeness (QED) is 0.280. The number of thioether (sulfide) groups is 1. The summed E-state index contributed by atoms with van der Waals surface area (Å²) in [6.45, 7) is 1.99. The molecule has 0 unspecified atom stereocenters. The number of rotatable bonds is 6. The van der Waals surface area contributed by atoms with Crippen LogP contribution >= 0.6 is 35.6 Å². The Morgan fingerprint density at radius 1 is 1.16 bits per heavy atom. The fourth-order valence-corrected chi connectivity index (χ4v) is 2.78. The number of nitrogens with zero attached hydrogens (tertiary/aromatic N) is 1. The predicted molar refractivity (Wildman–Crippen MR) is 106 cm³/mol. The Morgan fingerprint density at radius 2 is 1.80 bits per heavy atom. The van der Waals surface area contributed by atoms with Crippen LogP contribution in [0.25, 0.3) is 0 Å². The number of alkyl halides is 2. The monoisotopic (exact) mass is 399 g/mol. The van der Waals surface area contributed by atoms with Crippen molar-refractivity contribution in [3.63, 3.8) is 0 Å². The van der Waals surface area contributed by atoms with Gasteiger partial charge in [0.1, 0.15) is 0 Å². The molecule has 0 saturated carbocycles. The van der Waals surface area contributed by atoms with Crippen molar-refractivity contribution < 1.29 is 8.78 Å². The van der Waals surface area contributed by atoms with E-state index in [4.69, 9.17) is 23.8 Å². The van der Waals surface area contributed by atoms with Crippen molar-refractivity contribution in [1.29, 1.82) is 0 Å². The van der Waals surface area contributed by atoms with Gasteiger partial charge in [-0.25, -0.2) is 0 Å². The first-order valence-electron chi connectivity index (χ1n) is 7.42. The molecule has 0 aliphatic carbocycles. The molecule has 0 heterocycles. The molecule has 2 rings (SSSR count). The minimum Gasteiger partial charge on any atom is -0.331 e. The molecule has 0 aliphatic heterocycles. The van der Waals surface area contributed by atoms with Gasteiger partial charge in [0.15, 0.2) is 5.11 Å². The molecule has 0 bridgehead atoms. The van der Waals surface area contributed by atoms with Crippen molar-refractivity contribution in [3.05, 3.63) is 59.1 Å². The highest BCUT2D eigenvalue weighted by Gasteiger charge is 2.05. The van der Waals surface area contributed by atoms with E-state index >= 15 is 0 Å². The van der Waals surface area contributed by atoms with Gasteiger partial charge >= 0.3 is 0 Å². The van der Waals surface area contributed by atoms with E-state index in [1.165, 1.54) is 0 Å². The van der Waals surface area contributed by atoms with Gasteiger partial charge in [-0.3, -0.25) is 5.43 Å². The molecule has 0 aromatic heterocycles. The molecule has 0 spiro atoms. The number of hydrazone groups is 1. The standard InChI is InChI=1S/C17H16ClF2N3S2/c1-2-15(11-3-5-12(18)6-4-11)22-23-17(24)21-13-7-9-14(10-8-13)25-16(19)20/h3-10,16H,2H2,1H3,(H2,21,23,24)/b22-15-. The van der Waals surface area contributed by atoms with Crippen molar-refractivity contribution in [1.82, 2.24) is 5.43 Å². The van der Waals surface area contributed by atoms with Crippen LogP contribution in [-0.2, 0) is 0 Å². The second-order valence-electron chi connectivity index (χ2n) is 4.89. The van der Waals surface area contributed by atoms with Crippen LogP contribution in [0.2, 0.25) is 5.02 Å². The first kappa shape index (κ1) is 19.6. The molecule has 2 aromatic carbocycles. The van der Waals surface area contributed by atoms with Crippen molar-refractivity contribution in [2.24, 2.45) is 5.10 Å². The van der Waals surface area contributed by atoms with Gasteiger partial charge in [-0.1, -0.05) is 42.4 Å². The summed E-state index contributed by atoms with van der Waals surface area (Å²) in [7, 11) is 0. The molecule has 132 valence electrons. The van der Waals surface area contributed by atoms with E-state index < -0.39 is 5.76 Å². The molecule has 0 atom stereocenters. The summed E-state index contributed by atoms with van der Waals surface area (Å²) in [6.07, 6.45) is 0.719. The van der Waals surface area contributed by atoms with E-state index in [-0.39, 0.29) is 0 Å². The van der Waals surface area contributed by atoms with E-state index in [1.54, 1.807) is 36.4 Å². The van der Waals surface area contributed by atoms with Gasteiger partial charge in [0.25, 0.3) is 5.76 Å². The van der Waals surface area contributed by atoms with E-state index in [1.807, 2.05) is 19.1 Å².